The molecule has 2 fully saturated rings. The van der Waals surface area contributed by atoms with Crippen LogP contribution < -0.4 is 10.6 Å². The summed E-state index contributed by atoms with van der Waals surface area (Å²) in [6.45, 7) is 9.09. The highest BCUT2D eigenvalue weighted by Crippen LogP contribution is 2.18. The SMILES string of the molecule is CN=C(NCCc1sc(C)nc1C)N1CCN(CC(=O)NC2CC2)CC1.I. The molecule has 2 aliphatic rings. The minimum atomic E-state index is 0. The second-order valence-corrected chi connectivity index (χ2v) is 8.36. The zero-order chi connectivity index (χ0) is 18.5. The van der Waals surface area contributed by atoms with Crippen LogP contribution in [0, 0.1) is 13.8 Å². The van der Waals surface area contributed by atoms with Crippen molar-refractivity contribution < 1.29 is 4.79 Å². The Labute approximate surface area is 183 Å². The van der Waals surface area contributed by atoms with Crippen LogP contribution >= 0.6 is 35.3 Å². The van der Waals surface area contributed by atoms with Gasteiger partial charge in [-0.05, 0) is 26.7 Å². The van der Waals surface area contributed by atoms with Gasteiger partial charge in [0.1, 0.15) is 0 Å². The number of carbonyl (C=O) groups is 1. The molecule has 0 spiro atoms. The number of aryl methyl sites for hydroxylation is 2. The van der Waals surface area contributed by atoms with Crippen LogP contribution in [0.15, 0.2) is 4.99 Å². The molecular weight excluding hydrogens is 475 g/mol. The van der Waals surface area contributed by atoms with Crippen LogP contribution in [0.3, 0.4) is 0 Å². The van der Waals surface area contributed by atoms with Crippen molar-refractivity contribution in [1.82, 2.24) is 25.4 Å². The Morgan fingerprint density at radius 3 is 2.52 bits per heavy atom. The number of aromatic nitrogens is 1. The summed E-state index contributed by atoms with van der Waals surface area (Å²) in [6, 6.07) is 0.442. The monoisotopic (exact) mass is 506 g/mol. The first-order chi connectivity index (χ1) is 12.5. The number of aliphatic imine (C=N–C) groups is 1. The van der Waals surface area contributed by atoms with Gasteiger partial charge >= 0.3 is 0 Å². The number of nitrogens with one attached hydrogen (secondary N) is 2. The smallest absolute Gasteiger partial charge is 0.234 e. The van der Waals surface area contributed by atoms with Gasteiger partial charge in [0, 0.05) is 57.1 Å². The van der Waals surface area contributed by atoms with Crippen molar-refractivity contribution in [2.45, 2.75) is 39.2 Å². The lowest BCUT2D eigenvalue weighted by atomic mass is 10.3. The van der Waals surface area contributed by atoms with Gasteiger partial charge in [-0.1, -0.05) is 0 Å². The van der Waals surface area contributed by atoms with E-state index in [2.05, 4.69) is 44.3 Å². The van der Waals surface area contributed by atoms with E-state index < -0.39 is 0 Å². The number of nitrogens with zero attached hydrogens (tertiary/aromatic N) is 4. The summed E-state index contributed by atoms with van der Waals surface area (Å²) < 4.78 is 0. The molecule has 1 amide bonds. The molecule has 27 heavy (non-hydrogen) atoms. The van der Waals surface area contributed by atoms with E-state index in [-0.39, 0.29) is 29.9 Å². The third-order valence-electron chi connectivity index (χ3n) is 4.83. The van der Waals surface area contributed by atoms with E-state index in [0.29, 0.717) is 12.6 Å². The Morgan fingerprint density at radius 2 is 1.96 bits per heavy atom. The summed E-state index contributed by atoms with van der Waals surface area (Å²) in [4.78, 5) is 26.7. The Kier molecular flexibility index (Phi) is 8.74. The maximum Gasteiger partial charge on any atom is 0.234 e. The van der Waals surface area contributed by atoms with E-state index >= 15 is 0 Å². The minimum Gasteiger partial charge on any atom is -0.356 e. The molecule has 152 valence electrons. The topological polar surface area (TPSA) is 72.9 Å². The number of piperazine rings is 1. The Balaban J connectivity index is 0.00000261. The van der Waals surface area contributed by atoms with Gasteiger partial charge in [0.25, 0.3) is 0 Å². The van der Waals surface area contributed by atoms with Crippen LogP contribution in [0.5, 0.6) is 0 Å². The summed E-state index contributed by atoms with van der Waals surface area (Å²) in [5, 5.41) is 7.66. The number of hydrogen-bond acceptors (Lipinski definition) is 5. The van der Waals surface area contributed by atoms with Crippen molar-refractivity contribution in [2.24, 2.45) is 4.99 Å². The van der Waals surface area contributed by atoms with Crippen LogP contribution in [0.25, 0.3) is 0 Å². The van der Waals surface area contributed by atoms with Gasteiger partial charge in [0.15, 0.2) is 5.96 Å². The predicted octanol–water partition coefficient (Wildman–Crippen LogP) is 1.39. The maximum atomic E-state index is 11.9. The average Bonchev–Trinajstić information content (AvgIpc) is 3.36. The maximum absolute atomic E-state index is 11.9. The molecule has 1 aliphatic carbocycles. The molecule has 9 heteroatoms. The summed E-state index contributed by atoms with van der Waals surface area (Å²) in [6.07, 6.45) is 3.25. The molecule has 0 unspecified atom stereocenters. The van der Waals surface area contributed by atoms with Crippen molar-refractivity contribution in [3.8, 4) is 0 Å². The van der Waals surface area contributed by atoms with Crippen molar-refractivity contribution in [3.05, 3.63) is 15.6 Å². The molecule has 1 aromatic rings. The zero-order valence-corrected chi connectivity index (χ0v) is 19.6. The van der Waals surface area contributed by atoms with Gasteiger partial charge < -0.3 is 15.5 Å². The van der Waals surface area contributed by atoms with Crippen LogP contribution in [0.1, 0.15) is 28.4 Å². The van der Waals surface area contributed by atoms with Crippen molar-refractivity contribution in [2.75, 3.05) is 46.3 Å². The van der Waals surface area contributed by atoms with Crippen molar-refractivity contribution >= 4 is 47.2 Å². The molecule has 0 bridgehead atoms. The average molecular weight is 506 g/mol. The molecule has 0 atom stereocenters. The lowest BCUT2D eigenvalue weighted by molar-refractivity contribution is -0.122. The van der Waals surface area contributed by atoms with Crippen molar-refractivity contribution in [1.29, 1.82) is 0 Å². The van der Waals surface area contributed by atoms with E-state index in [9.17, 15) is 4.79 Å². The van der Waals surface area contributed by atoms with Crippen LogP contribution in [0.4, 0.5) is 0 Å². The number of halogens is 1. The normalized spacial score (nSPS) is 18.2. The lowest BCUT2D eigenvalue weighted by Gasteiger charge is -2.36. The van der Waals surface area contributed by atoms with Gasteiger partial charge in [0.2, 0.25) is 5.91 Å². The molecule has 0 aromatic carbocycles. The number of rotatable bonds is 6. The zero-order valence-electron chi connectivity index (χ0n) is 16.5. The van der Waals surface area contributed by atoms with Gasteiger partial charge in [0.05, 0.1) is 17.2 Å². The molecule has 0 radical (unpaired) electrons. The standard InChI is InChI=1S/C18H30N6OS.HI/c1-13-16(26-14(2)21-13)6-7-20-18(19-3)24-10-8-23(9-11-24)12-17(25)22-15-4-5-15;/h15H,4-12H2,1-3H3,(H,19,20)(H,22,25);1H. The number of thiazole rings is 1. The fourth-order valence-electron chi connectivity index (χ4n) is 3.25. The highest BCUT2D eigenvalue weighted by molar-refractivity contribution is 14.0. The van der Waals surface area contributed by atoms with Gasteiger partial charge in [-0.25, -0.2) is 4.98 Å². The number of amides is 1. The molecule has 7 nitrogen and oxygen atoms in total. The first kappa shape index (κ1) is 22.4. The van der Waals surface area contributed by atoms with E-state index in [1.165, 1.54) is 4.88 Å². The molecule has 3 rings (SSSR count). The molecule has 2 N–H and O–H groups in total. The van der Waals surface area contributed by atoms with E-state index in [4.69, 9.17) is 0 Å². The Hall–Kier alpha value is -0.940. The Morgan fingerprint density at radius 1 is 1.26 bits per heavy atom. The first-order valence-electron chi connectivity index (χ1n) is 9.45. The highest BCUT2D eigenvalue weighted by atomic mass is 127. The summed E-state index contributed by atoms with van der Waals surface area (Å²) in [7, 11) is 1.83. The lowest BCUT2D eigenvalue weighted by Crippen LogP contribution is -2.54. The second kappa shape index (κ2) is 10.6. The third kappa shape index (κ3) is 6.86. The summed E-state index contributed by atoms with van der Waals surface area (Å²) in [5.74, 6) is 1.12. The van der Waals surface area contributed by atoms with E-state index in [1.807, 2.05) is 7.05 Å². The minimum absolute atomic E-state index is 0. The highest BCUT2D eigenvalue weighted by Gasteiger charge is 2.25. The predicted molar refractivity (Wildman–Crippen MR) is 121 cm³/mol. The molecule has 1 aromatic heterocycles. The summed E-state index contributed by atoms with van der Waals surface area (Å²) >= 11 is 1.77. The van der Waals surface area contributed by atoms with Crippen LogP contribution in [-0.4, -0.2) is 79.0 Å². The first-order valence-corrected chi connectivity index (χ1v) is 10.3. The molecule has 2 heterocycles. The second-order valence-electron chi connectivity index (χ2n) is 7.07. The number of carbonyl (C=O) groups excluding carboxylic acids is 1. The van der Waals surface area contributed by atoms with E-state index in [1.54, 1.807) is 11.3 Å². The van der Waals surface area contributed by atoms with Crippen molar-refractivity contribution in [3.63, 3.8) is 0 Å². The number of hydrogen-bond donors (Lipinski definition) is 2. The van der Waals surface area contributed by atoms with E-state index in [0.717, 1.165) is 68.6 Å². The third-order valence-corrected chi connectivity index (χ3v) is 5.96. The fraction of sp³-hybridized carbons (Fsp3) is 0.722. The largest absolute Gasteiger partial charge is 0.356 e. The van der Waals surface area contributed by atoms with Gasteiger partial charge in [-0.2, -0.15) is 0 Å². The quantitative estimate of drug-likeness (QED) is 0.347. The molecular formula is C18H31IN6OS. The number of guanidine groups is 1. The molecule has 1 saturated carbocycles. The fourth-order valence-corrected chi connectivity index (χ4v) is 4.18. The Bertz CT molecular complexity index is 652. The van der Waals surface area contributed by atoms with Gasteiger partial charge in [-0.3, -0.25) is 14.7 Å². The summed E-state index contributed by atoms with van der Waals surface area (Å²) in [5.41, 5.74) is 1.14. The molecule has 1 saturated heterocycles. The van der Waals surface area contributed by atoms with Crippen LogP contribution in [-0.2, 0) is 11.2 Å². The van der Waals surface area contributed by atoms with Gasteiger partial charge in [-0.15, -0.1) is 35.3 Å². The molecule has 1 aliphatic heterocycles. The van der Waals surface area contributed by atoms with Crippen LogP contribution in [0.2, 0.25) is 0 Å².